The molecule has 1 heterocycles. The number of rotatable bonds is 5. The third kappa shape index (κ3) is 3.83. The van der Waals surface area contributed by atoms with Gasteiger partial charge in [-0.2, -0.15) is 0 Å². The van der Waals surface area contributed by atoms with Gasteiger partial charge in [-0.15, -0.1) is 11.6 Å². The number of alkyl halides is 1. The number of benzene rings is 2. The van der Waals surface area contributed by atoms with Crippen LogP contribution in [0.2, 0.25) is 0 Å². The molecule has 1 aliphatic heterocycles. The van der Waals surface area contributed by atoms with Gasteiger partial charge in [0.1, 0.15) is 11.8 Å². The molecule has 0 amide bonds. The molecule has 6 heteroatoms. The molecule has 2 N–H and O–H groups in total. The molecule has 3 rings (SSSR count). The van der Waals surface area contributed by atoms with Gasteiger partial charge in [0, 0.05) is 5.56 Å². The van der Waals surface area contributed by atoms with E-state index in [4.69, 9.17) is 16.3 Å². The van der Waals surface area contributed by atoms with Crippen molar-refractivity contribution >= 4 is 23.5 Å². The average molecular weight is 360 g/mol. The first-order valence-corrected chi connectivity index (χ1v) is 8.38. The molecule has 2 aromatic carbocycles. The molecule has 3 atom stereocenters. The Morgan fingerprint density at radius 2 is 2.00 bits per heavy atom. The minimum absolute atomic E-state index is 0.284. The topological polar surface area (TPSA) is 75.6 Å². The highest BCUT2D eigenvalue weighted by Crippen LogP contribution is 2.36. The highest BCUT2D eigenvalue weighted by Gasteiger charge is 2.38. The Balaban J connectivity index is 1.89. The van der Waals surface area contributed by atoms with Crippen molar-refractivity contribution in [3.63, 3.8) is 0 Å². The molecule has 0 aliphatic carbocycles. The van der Waals surface area contributed by atoms with E-state index in [0.717, 1.165) is 11.1 Å². The molecule has 130 valence electrons. The minimum Gasteiger partial charge on any atom is -0.480 e. The minimum atomic E-state index is -0.999. The number of ether oxygens (including phenoxy) is 1. The standard InChI is InChI=1S/C19H18ClNO4/c1-11-7-8-15-13(9-11)17(16(20)19(24)25-15)21-14(18(22)23)10-12-5-3-2-4-6-12/h2-9,14,16-17,21H,10H2,1H3,(H,22,23)/t14-,16-,17-/m0/s1. The molecule has 0 saturated heterocycles. The lowest BCUT2D eigenvalue weighted by molar-refractivity contribution is -0.141. The van der Waals surface area contributed by atoms with Crippen LogP contribution in [0.5, 0.6) is 5.75 Å². The van der Waals surface area contributed by atoms with Crippen molar-refractivity contribution in [1.82, 2.24) is 5.32 Å². The maximum atomic E-state index is 12.0. The molecule has 1 aliphatic rings. The molecule has 0 bridgehead atoms. The molecule has 25 heavy (non-hydrogen) atoms. The SMILES string of the molecule is Cc1ccc2c(c1)[C@H](N[C@@H](Cc1ccccc1)C(=O)O)[C@H](Cl)C(=O)O2. The van der Waals surface area contributed by atoms with E-state index in [1.165, 1.54) is 0 Å². The quantitative estimate of drug-likeness (QED) is 0.488. The second kappa shape index (κ2) is 7.25. The van der Waals surface area contributed by atoms with E-state index < -0.39 is 29.4 Å². The van der Waals surface area contributed by atoms with Crippen LogP contribution in [-0.4, -0.2) is 28.5 Å². The van der Waals surface area contributed by atoms with Gasteiger partial charge >= 0.3 is 11.9 Å². The summed E-state index contributed by atoms with van der Waals surface area (Å²) in [6, 6.07) is 13.2. The van der Waals surface area contributed by atoms with Gasteiger partial charge in [-0.3, -0.25) is 10.1 Å². The first-order chi connectivity index (χ1) is 12.0. The molecular formula is C19H18ClNO4. The number of aliphatic carboxylic acids is 1. The number of hydrogen-bond acceptors (Lipinski definition) is 4. The van der Waals surface area contributed by atoms with Crippen LogP contribution in [-0.2, 0) is 16.0 Å². The Morgan fingerprint density at radius 1 is 1.28 bits per heavy atom. The fourth-order valence-electron chi connectivity index (χ4n) is 2.92. The zero-order valence-electron chi connectivity index (χ0n) is 13.6. The lowest BCUT2D eigenvalue weighted by Crippen LogP contribution is -2.47. The third-order valence-electron chi connectivity index (χ3n) is 4.19. The van der Waals surface area contributed by atoms with Gasteiger partial charge < -0.3 is 9.84 Å². The van der Waals surface area contributed by atoms with E-state index >= 15 is 0 Å². The molecule has 0 fully saturated rings. The Hall–Kier alpha value is -2.37. The van der Waals surface area contributed by atoms with E-state index in [1.54, 1.807) is 6.07 Å². The summed E-state index contributed by atoms with van der Waals surface area (Å²) < 4.78 is 5.23. The van der Waals surface area contributed by atoms with E-state index in [0.29, 0.717) is 11.3 Å². The Bertz CT molecular complexity index is 793. The summed E-state index contributed by atoms with van der Waals surface area (Å²) in [5, 5.41) is 11.6. The highest BCUT2D eigenvalue weighted by molar-refractivity contribution is 6.31. The smallest absolute Gasteiger partial charge is 0.331 e. The number of carboxylic acids is 1. The summed E-state index contributed by atoms with van der Waals surface area (Å²) in [6.45, 7) is 1.91. The first-order valence-electron chi connectivity index (χ1n) is 7.95. The summed E-state index contributed by atoms with van der Waals surface area (Å²) in [4.78, 5) is 23.7. The molecule has 0 unspecified atom stereocenters. The zero-order chi connectivity index (χ0) is 18.0. The maximum absolute atomic E-state index is 12.0. The number of hydrogen-bond donors (Lipinski definition) is 2. The van der Waals surface area contributed by atoms with Crippen molar-refractivity contribution in [2.75, 3.05) is 0 Å². The zero-order valence-corrected chi connectivity index (χ0v) is 14.4. The lowest BCUT2D eigenvalue weighted by atomic mass is 9.96. The van der Waals surface area contributed by atoms with E-state index in [-0.39, 0.29) is 6.42 Å². The summed E-state index contributed by atoms with van der Waals surface area (Å²) >= 11 is 6.23. The van der Waals surface area contributed by atoms with E-state index in [2.05, 4.69) is 5.32 Å². The van der Waals surface area contributed by atoms with Crippen LogP contribution in [0.15, 0.2) is 48.5 Å². The van der Waals surface area contributed by atoms with Crippen LogP contribution < -0.4 is 10.1 Å². The monoisotopic (exact) mass is 359 g/mol. The van der Waals surface area contributed by atoms with Crippen LogP contribution in [0.1, 0.15) is 22.7 Å². The van der Waals surface area contributed by atoms with Crippen LogP contribution in [0.3, 0.4) is 0 Å². The Labute approximate surface area is 150 Å². The fourth-order valence-corrected chi connectivity index (χ4v) is 3.17. The second-order valence-electron chi connectivity index (χ2n) is 6.09. The van der Waals surface area contributed by atoms with E-state index in [9.17, 15) is 14.7 Å². The van der Waals surface area contributed by atoms with Crippen LogP contribution in [0.25, 0.3) is 0 Å². The maximum Gasteiger partial charge on any atom is 0.331 e. The number of nitrogens with one attached hydrogen (secondary N) is 1. The number of carboxylic acid groups (broad SMARTS) is 1. The summed E-state index contributed by atoms with van der Waals surface area (Å²) in [7, 11) is 0. The fraction of sp³-hybridized carbons (Fsp3) is 0.263. The summed E-state index contributed by atoms with van der Waals surface area (Å²) in [5.41, 5.74) is 2.55. The molecule has 0 spiro atoms. The molecule has 2 aromatic rings. The predicted molar refractivity (Wildman–Crippen MR) is 93.9 cm³/mol. The second-order valence-corrected chi connectivity index (χ2v) is 6.56. The highest BCUT2D eigenvalue weighted by atomic mass is 35.5. The number of esters is 1. The van der Waals surface area contributed by atoms with Gasteiger partial charge in [0.15, 0.2) is 5.38 Å². The molecular weight excluding hydrogens is 342 g/mol. The van der Waals surface area contributed by atoms with Crippen LogP contribution in [0.4, 0.5) is 0 Å². The normalized spacial score (nSPS) is 20.5. The van der Waals surface area contributed by atoms with Crippen molar-refractivity contribution in [3.8, 4) is 5.75 Å². The van der Waals surface area contributed by atoms with Gasteiger partial charge in [0.2, 0.25) is 0 Å². The van der Waals surface area contributed by atoms with E-state index in [1.807, 2.05) is 49.4 Å². The van der Waals surface area contributed by atoms with Crippen LogP contribution >= 0.6 is 11.6 Å². The van der Waals surface area contributed by atoms with Gasteiger partial charge in [0.25, 0.3) is 0 Å². The largest absolute Gasteiger partial charge is 0.480 e. The number of carbonyl (C=O) groups excluding carboxylic acids is 1. The van der Waals surface area contributed by atoms with Gasteiger partial charge in [-0.25, -0.2) is 4.79 Å². The number of aryl methyl sites for hydroxylation is 1. The molecule has 5 nitrogen and oxygen atoms in total. The van der Waals surface area contributed by atoms with Crippen LogP contribution in [0, 0.1) is 6.92 Å². The summed E-state index contributed by atoms with van der Waals surface area (Å²) in [5.74, 6) is -1.17. The molecule has 0 saturated carbocycles. The van der Waals surface area contributed by atoms with Crippen molar-refractivity contribution in [3.05, 3.63) is 65.2 Å². The Kier molecular flexibility index (Phi) is 5.06. The van der Waals surface area contributed by atoms with Crippen molar-refractivity contribution in [1.29, 1.82) is 0 Å². The van der Waals surface area contributed by atoms with Crippen molar-refractivity contribution in [2.45, 2.75) is 30.8 Å². The molecule has 0 radical (unpaired) electrons. The molecule has 0 aromatic heterocycles. The summed E-state index contributed by atoms with van der Waals surface area (Å²) in [6.07, 6.45) is 0.284. The average Bonchev–Trinajstić information content (AvgIpc) is 2.59. The third-order valence-corrected chi connectivity index (χ3v) is 4.62. The van der Waals surface area contributed by atoms with Gasteiger partial charge in [0.05, 0.1) is 6.04 Å². The lowest BCUT2D eigenvalue weighted by Gasteiger charge is -2.31. The predicted octanol–water partition coefficient (Wildman–Crippen LogP) is 2.85. The van der Waals surface area contributed by atoms with Crippen molar-refractivity contribution < 1.29 is 19.4 Å². The number of halogens is 1. The van der Waals surface area contributed by atoms with Gasteiger partial charge in [-0.05, 0) is 25.0 Å². The van der Waals surface area contributed by atoms with Gasteiger partial charge in [-0.1, -0.05) is 48.0 Å². The number of carbonyl (C=O) groups is 2. The number of fused-ring (bicyclic) bond motifs is 1. The first kappa shape index (κ1) is 17.5. The Morgan fingerprint density at radius 3 is 2.68 bits per heavy atom. The van der Waals surface area contributed by atoms with Crippen molar-refractivity contribution in [2.24, 2.45) is 0 Å².